The van der Waals surface area contributed by atoms with E-state index < -0.39 is 0 Å². The Balaban J connectivity index is 1.74. The van der Waals surface area contributed by atoms with Crippen LogP contribution in [0.15, 0.2) is 24.3 Å². The summed E-state index contributed by atoms with van der Waals surface area (Å²) in [6, 6.07) is 7.76. The Hall–Kier alpha value is -2.34. The van der Waals surface area contributed by atoms with Crippen LogP contribution in [0.3, 0.4) is 0 Å². The molecule has 1 aliphatic rings. The molecule has 1 aromatic carbocycles. The summed E-state index contributed by atoms with van der Waals surface area (Å²) in [6.07, 6.45) is 3.07. The minimum atomic E-state index is -0.361. The molecule has 1 aromatic heterocycles. The molecule has 0 fully saturated rings. The molecule has 5 nitrogen and oxygen atoms in total. The van der Waals surface area contributed by atoms with Gasteiger partial charge in [-0.05, 0) is 61.3 Å². The van der Waals surface area contributed by atoms with E-state index in [1.165, 1.54) is 16.2 Å². The number of amides is 1. The molecule has 0 saturated carbocycles. The van der Waals surface area contributed by atoms with Crippen LogP contribution in [0.4, 0.5) is 5.00 Å². The van der Waals surface area contributed by atoms with Crippen molar-refractivity contribution < 1.29 is 19.1 Å². The number of rotatable bonds is 7. The second kappa shape index (κ2) is 9.44. The highest BCUT2D eigenvalue weighted by atomic mass is 32.1. The standard InChI is InChI=1S/C23H29NO4S/c1-5-27-23(26)21-20-15(4)8-6-11-18(20)29-22(21)24-19(25)13-28-17-10-7-9-16(12-17)14(2)3/h7,9-10,12,14-15H,5-6,8,11,13H2,1-4H3,(H,24,25). The number of ether oxygens (including phenoxy) is 2. The first kappa shape index (κ1) is 21.4. The lowest BCUT2D eigenvalue weighted by Gasteiger charge is -2.19. The average Bonchev–Trinajstić information content (AvgIpc) is 3.06. The van der Waals surface area contributed by atoms with E-state index in [9.17, 15) is 9.59 Å². The molecule has 1 N–H and O–H groups in total. The number of aryl methyl sites for hydroxylation is 1. The lowest BCUT2D eigenvalue weighted by atomic mass is 9.86. The van der Waals surface area contributed by atoms with Gasteiger partial charge in [-0.1, -0.05) is 32.9 Å². The SMILES string of the molecule is CCOC(=O)c1c(NC(=O)COc2cccc(C(C)C)c2)sc2c1C(C)CCC2. The first-order valence-corrected chi connectivity index (χ1v) is 11.1. The maximum atomic E-state index is 12.6. The molecule has 1 aliphatic carbocycles. The first-order chi connectivity index (χ1) is 13.9. The molecular weight excluding hydrogens is 386 g/mol. The normalized spacial score (nSPS) is 15.7. The minimum absolute atomic E-state index is 0.109. The largest absolute Gasteiger partial charge is 0.484 e. The van der Waals surface area contributed by atoms with Crippen LogP contribution in [-0.2, 0) is 16.0 Å². The Morgan fingerprint density at radius 1 is 1.31 bits per heavy atom. The molecule has 0 spiro atoms. The van der Waals surface area contributed by atoms with Gasteiger partial charge in [0.1, 0.15) is 10.8 Å². The molecule has 1 amide bonds. The fraction of sp³-hybridized carbons (Fsp3) is 0.478. The highest BCUT2D eigenvalue weighted by Crippen LogP contribution is 2.43. The lowest BCUT2D eigenvalue weighted by Crippen LogP contribution is -2.21. The summed E-state index contributed by atoms with van der Waals surface area (Å²) in [5.41, 5.74) is 2.72. The second-order valence-corrected chi connectivity index (χ2v) is 8.83. The van der Waals surface area contributed by atoms with Crippen LogP contribution < -0.4 is 10.1 Å². The van der Waals surface area contributed by atoms with E-state index in [0.29, 0.717) is 28.8 Å². The zero-order chi connectivity index (χ0) is 21.0. The Labute approximate surface area is 176 Å². The van der Waals surface area contributed by atoms with Crippen LogP contribution in [0.2, 0.25) is 0 Å². The first-order valence-electron chi connectivity index (χ1n) is 10.3. The molecule has 156 valence electrons. The summed E-state index contributed by atoms with van der Waals surface area (Å²) in [6.45, 7) is 8.34. The number of esters is 1. The number of nitrogens with one attached hydrogen (secondary N) is 1. The Kier molecular flexibility index (Phi) is 6.96. The molecule has 0 saturated heterocycles. The number of thiophene rings is 1. The Morgan fingerprint density at radius 3 is 2.83 bits per heavy atom. The van der Waals surface area contributed by atoms with Gasteiger partial charge in [0.25, 0.3) is 5.91 Å². The van der Waals surface area contributed by atoms with Crippen molar-refractivity contribution in [3.8, 4) is 5.75 Å². The van der Waals surface area contributed by atoms with Gasteiger partial charge < -0.3 is 14.8 Å². The fourth-order valence-corrected chi connectivity index (χ4v) is 5.05. The van der Waals surface area contributed by atoms with Gasteiger partial charge in [-0.2, -0.15) is 0 Å². The summed E-state index contributed by atoms with van der Waals surface area (Å²) in [5.74, 6) is 0.696. The van der Waals surface area contributed by atoms with Gasteiger partial charge >= 0.3 is 5.97 Å². The van der Waals surface area contributed by atoms with E-state index in [0.717, 1.165) is 30.4 Å². The van der Waals surface area contributed by atoms with Crippen molar-refractivity contribution in [2.45, 2.75) is 58.8 Å². The summed E-state index contributed by atoms with van der Waals surface area (Å²) >= 11 is 1.49. The molecule has 0 bridgehead atoms. The molecule has 0 aliphatic heterocycles. The van der Waals surface area contributed by atoms with Crippen molar-refractivity contribution in [1.29, 1.82) is 0 Å². The van der Waals surface area contributed by atoms with Crippen molar-refractivity contribution in [2.75, 3.05) is 18.5 Å². The van der Waals surface area contributed by atoms with Crippen molar-refractivity contribution in [1.82, 2.24) is 0 Å². The highest BCUT2D eigenvalue weighted by molar-refractivity contribution is 7.17. The number of benzene rings is 1. The minimum Gasteiger partial charge on any atom is -0.484 e. The lowest BCUT2D eigenvalue weighted by molar-refractivity contribution is -0.118. The van der Waals surface area contributed by atoms with Crippen molar-refractivity contribution in [2.24, 2.45) is 0 Å². The van der Waals surface area contributed by atoms with Crippen molar-refractivity contribution >= 4 is 28.2 Å². The average molecular weight is 416 g/mol. The molecule has 1 heterocycles. The van der Waals surface area contributed by atoms with Gasteiger partial charge in [0.15, 0.2) is 6.61 Å². The van der Waals surface area contributed by atoms with E-state index >= 15 is 0 Å². The van der Waals surface area contributed by atoms with E-state index in [1.807, 2.05) is 24.3 Å². The predicted octanol–water partition coefficient (Wildman–Crippen LogP) is 5.51. The van der Waals surface area contributed by atoms with E-state index in [4.69, 9.17) is 9.47 Å². The van der Waals surface area contributed by atoms with Gasteiger partial charge in [0.2, 0.25) is 0 Å². The number of hydrogen-bond donors (Lipinski definition) is 1. The van der Waals surface area contributed by atoms with Crippen LogP contribution in [0.5, 0.6) is 5.75 Å². The second-order valence-electron chi connectivity index (χ2n) is 7.72. The Morgan fingerprint density at radius 2 is 2.10 bits per heavy atom. The van der Waals surface area contributed by atoms with Gasteiger partial charge in [0, 0.05) is 4.88 Å². The van der Waals surface area contributed by atoms with Gasteiger partial charge in [0.05, 0.1) is 12.2 Å². The zero-order valence-electron chi connectivity index (χ0n) is 17.5. The third-order valence-corrected chi connectivity index (χ3v) is 6.36. The molecule has 1 atom stereocenters. The fourth-order valence-electron chi connectivity index (χ4n) is 3.68. The van der Waals surface area contributed by atoms with Crippen LogP contribution in [0.1, 0.15) is 78.7 Å². The number of carbonyl (C=O) groups is 2. The maximum absolute atomic E-state index is 12.6. The topological polar surface area (TPSA) is 64.6 Å². The van der Waals surface area contributed by atoms with Crippen LogP contribution >= 0.6 is 11.3 Å². The molecule has 29 heavy (non-hydrogen) atoms. The summed E-state index contributed by atoms with van der Waals surface area (Å²) in [4.78, 5) is 26.3. The predicted molar refractivity (Wildman–Crippen MR) is 116 cm³/mol. The van der Waals surface area contributed by atoms with Crippen LogP contribution in [-0.4, -0.2) is 25.1 Å². The summed E-state index contributed by atoms with van der Waals surface area (Å²) in [5, 5.41) is 3.46. The molecule has 6 heteroatoms. The van der Waals surface area contributed by atoms with E-state index in [1.54, 1.807) is 6.92 Å². The number of carbonyl (C=O) groups excluding carboxylic acids is 2. The molecule has 0 radical (unpaired) electrons. The third kappa shape index (κ3) is 4.99. The zero-order valence-corrected chi connectivity index (χ0v) is 18.4. The van der Waals surface area contributed by atoms with E-state index in [-0.39, 0.29) is 24.4 Å². The van der Waals surface area contributed by atoms with Gasteiger partial charge in [-0.3, -0.25) is 4.79 Å². The number of fused-ring (bicyclic) bond motifs is 1. The number of hydrogen-bond acceptors (Lipinski definition) is 5. The highest BCUT2D eigenvalue weighted by Gasteiger charge is 2.30. The van der Waals surface area contributed by atoms with Gasteiger partial charge in [-0.25, -0.2) is 4.79 Å². The maximum Gasteiger partial charge on any atom is 0.341 e. The molecule has 3 rings (SSSR count). The van der Waals surface area contributed by atoms with E-state index in [2.05, 4.69) is 26.1 Å². The van der Waals surface area contributed by atoms with Crippen molar-refractivity contribution in [3.05, 3.63) is 45.8 Å². The summed E-state index contributed by atoms with van der Waals surface area (Å²) in [7, 11) is 0. The molecule has 1 unspecified atom stereocenters. The number of anilines is 1. The Bertz CT molecular complexity index is 887. The monoisotopic (exact) mass is 415 g/mol. The van der Waals surface area contributed by atoms with Crippen molar-refractivity contribution in [3.63, 3.8) is 0 Å². The summed E-state index contributed by atoms with van der Waals surface area (Å²) < 4.78 is 11.0. The smallest absolute Gasteiger partial charge is 0.341 e. The quantitative estimate of drug-likeness (QED) is 0.606. The molecule has 2 aromatic rings. The van der Waals surface area contributed by atoms with Gasteiger partial charge in [-0.15, -0.1) is 11.3 Å². The van der Waals surface area contributed by atoms with Crippen LogP contribution in [0, 0.1) is 0 Å². The van der Waals surface area contributed by atoms with Crippen LogP contribution in [0.25, 0.3) is 0 Å². The third-order valence-electron chi connectivity index (χ3n) is 5.18. The molecular formula is C23H29NO4S.